The Hall–Kier alpha value is -2.22. The molecule has 2 amide bonds. The minimum Gasteiger partial charge on any atom is -0.478 e. The summed E-state index contributed by atoms with van der Waals surface area (Å²) in [6, 6.07) is 0.267. The van der Waals surface area contributed by atoms with Crippen LogP contribution in [-0.4, -0.2) is 36.4 Å². The molecule has 1 saturated heterocycles. The molecule has 1 aromatic rings. The molecule has 1 fully saturated rings. The molecule has 0 aromatic heterocycles. The van der Waals surface area contributed by atoms with E-state index in [4.69, 9.17) is 9.84 Å². The summed E-state index contributed by atoms with van der Waals surface area (Å²) in [6.07, 6.45) is 1.54. The van der Waals surface area contributed by atoms with Crippen molar-refractivity contribution >= 4 is 17.7 Å². The molecule has 6 nitrogen and oxygen atoms in total. The lowest BCUT2D eigenvalue weighted by atomic mass is 10.1. The van der Waals surface area contributed by atoms with Crippen LogP contribution in [0.5, 0.6) is 0 Å². The van der Waals surface area contributed by atoms with E-state index in [1.165, 1.54) is 0 Å². The van der Waals surface area contributed by atoms with Crippen molar-refractivity contribution in [3.05, 3.63) is 29.3 Å². The normalized spacial score (nSPS) is 18.1. The van der Waals surface area contributed by atoms with Crippen molar-refractivity contribution in [1.82, 2.24) is 5.32 Å². The first-order valence-corrected chi connectivity index (χ1v) is 6.35. The fourth-order valence-corrected chi connectivity index (χ4v) is 2.03. The predicted octanol–water partition coefficient (Wildman–Crippen LogP) is 1.96. The summed E-state index contributed by atoms with van der Waals surface area (Å²) in [7, 11) is 0. The number of urea groups is 1. The molecule has 3 N–H and O–H groups in total. The van der Waals surface area contributed by atoms with Crippen LogP contribution in [0.2, 0.25) is 0 Å². The number of hydrogen-bond donors (Lipinski definition) is 3. The summed E-state index contributed by atoms with van der Waals surface area (Å²) < 4.78 is 31.4. The number of halogens is 2. The standard InChI is InChI=1S/C13H14F2N2O4/c14-9-4-8(12(18)19)11(5-10(9)15)17-13(20)16-7-2-1-3-21-6-7/h4-5,7H,1-3,6H2,(H,18,19)(H2,16,17,20). The lowest BCUT2D eigenvalue weighted by Crippen LogP contribution is -2.42. The summed E-state index contributed by atoms with van der Waals surface area (Å²) in [5.41, 5.74) is -0.834. The number of amides is 2. The molecule has 114 valence electrons. The van der Waals surface area contributed by atoms with Gasteiger partial charge in [0, 0.05) is 12.7 Å². The van der Waals surface area contributed by atoms with Crippen molar-refractivity contribution in [1.29, 1.82) is 0 Å². The van der Waals surface area contributed by atoms with E-state index in [0.29, 0.717) is 25.3 Å². The highest BCUT2D eigenvalue weighted by molar-refractivity contribution is 6.00. The van der Waals surface area contributed by atoms with Gasteiger partial charge in [-0.05, 0) is 18.9 Å². The maximum atomic E-state index is 13.2. The molecular weight excluding hydrogens is 286 g/mol. The number of carbonyl (C=O) groups is 2. The van der Waals surface area contributed by atoms with Gasteiger partial charge >= 0.3 is 12.0 Å². The lowest BCUT2D eigenvalue weighted by molar-refractivity contribution is 0.0697. The second kappa shape index (κ2) is 6.49. The molecule has 8 heteroatoms. The quantitative estimate of drug-likeness (QED) is 0.796. The molecule has 1 aromatic carbocycles. The molecule has 1 atom stereocenters. The number of carboxylic acid groups (broad SMARTS) is 1. The van der Waals surface area contributed by atoms with Gasteiger partial charge in [-0.3, -0.25) is 0 Å². The van der Waals surface area contributed by atoms with Crippen LogP contribution in [0.4, 0.5) is 19.3 Å². The van der Waals surface area contributed by atoms with Crippen LogP contribution in [0.3, 0.4) is 0 Å². The molecule has 0 spiro atoms. The first-order chi connectivity index (χ1) is 9.97. The summed E-state index contributed by atoms with van der Waals surface area (Å²) in [5.74, 6) is -4.00. The molecule has 0 radical (unpaired) electrons. The van der Waals surface area contributed by atoms with Crippen LogP contribution >= 0.6 is 0 Å². The minimum absolute atomic E-state index is 0.197. The van der Waals surface area contributed by atoms with Crippen LogP contribution < -0.4 is 10.6 Å². The van der Waals surface area contributed by atoms with Crippen molar-refractivity contribution in [2.45, 2.75) is 18.9 Å². The summed E-state index contributed by atoms with van der Waals surface area (Å²) >= 11 is 0. The number of rotatable bonds is 3. The van der Waals surface area contributed by atoms with Gasteiger partial charge in [0.1, 0.15) is 0 Å². The van der Waals surface area contributed by atoms with Gasteiger partial charge in [-0.1, -0.05) is 0 Å². The second-order valence-corrected chi connectivity index (χ2v) is 4.63. The monoisotopic (exact) mass is 300 g/mol. The highest BCUT2D eigenvalue weighted by Crippen LogP contribution is 2.20. The molecule has 0 saturated carbocycles. The molecule has 1 heterocycles. The van der Waals surface area contributed by atoms with Crippen molar-refractivity contribution in [2.24, 2.45) is 0 Å². The zero-order valence-corrected chi connectivity index (χ0v) is 11.0. The first-order valence-electron chi connectivity index (χ1n) is 6.35. The van der Waals surface area contributed by atoms with Crippen molar-refractivity contribution in [2.75, 3.05) is 18.5 Å². The van der Waals surface area contributed by atoms with Gasteiger partial charge in [0.05, 0.1) is 23.9 Å². The average molecular weight is 300 g/mol. The maximum absolute atomic E-state index is 13.2. The Bertz CT molecular complexity index is 559. The van der Waals surface area contributed by atoms with E-state index < -0.39 is 29.2 Å². The number of hydrogen-bond acceptors (Lipinski definition) is 3. The zero-order valence-electron chi connectivity index (χ0n) is 11.0. The summed E-state index contributed by atoms with van der Waals surface area (Å²) in [5, 5.41) is 13.7. The third-order valence-electron chi connectivity index (χ3n) is 3.03. The third kappa shape index (κ3) is 3.88. The van der Waals surface area contributed by atoms with Gasteiger partial charge in [-0.2, -0.15) is 0 Å². The molecule has 0 aliphatic carbocycles. The van der Waals surface area contributed by atoms with Gasteiger partial charge in [0.2, 0.25) is 0 Å². The fourth-order valence-electron chi connectivity index (χ4n) is 2.03. The van der Waals surface area contributed by atoms with Crippen LogP contribution in [0, 0.1) is 11.6 Å². The molecule has 1 aliphatic rings. The maximum Gasteiger partial charge on any atom is 0.337 e. The van der Waals surface area contributed by atoms with E-state index in [-0.39, 0.29) is 11.7 Å². The molecule has 21 heavy (non-hydrogen) atoms. The van der Waals surface area contributed by atoms with Gasteiger partial charge in [0.15, 0.2) is 11.6 Å². The zero-order chi connectivity index (χ0) is 15.4. The van der Waals surface area contributed by atoms with Crippen molar-refractivity contribution < 1.29 is 28.2 Å². The Labute approximate surface area is 119 Å². The average Bonchev–Trinajstić information content (AvgIpc) is 2.43. The second-order valence-electron chi connectivity index (χ2n) is 4.63. The predicted molar refractivity (Wildman–Crippen MR) is 69.3 cm³/mol. The highest BCUT2D eigenvalue weighted by Gasteiger charge is 2.20. The number of ether oxygens (including phenoxy) is 1. The van der Waals surface area contributed by atoms with E-state index in [1.807, 2.05) is 0 Å². The molecular formula is C13H14F2N2O4. The molecule has 2 rings (SSSR count). The van der Waals surface area contributed by atoms with Crippen LogP contribution in [0.1, 0.15) is 23.2 Å². The Balaban J connectivity index is 2.09. The Kier molecular flexibility index (Phi) is 4.69. The minimum atomic E-state index is -1.47. The summed E-state index contributed by atoms with van der Waals surface area (Å²) in [6.45, 7) is 0.989. The topological polar surface area (TPSA) is 87.7 Å². The Morgan fingerprint density at radius 1 is 1.29 bits per heavy atom. The van der Waals surface area contributed by atoms with Crippen molar-refractivity contribution in [3.63, 3.8) is 0 Å². The van der Waals surface area contributed by atoms with E-state index in [9.17, 15) is 18.4 Å². The number of benzene rings is 1. The largest absolute Gasteiger partial charge is 0.478 e. The number of aromatic carboxylic acids is 1. The smallest absolute Gasteiger partial charge is 0.337 e. The van der Waals surface area contributed by atoms with Gasteiger partial charge in [0.25, 0.3) is 0 Å². The number of anilines is 1. The number of carbonyl (C=O) groups excluding carboxylic acids is 1. The molecule has 1 aliphatic heterocycles. The molecule has 0 bridgehead atoms. The summed E-state index contributed by atoms with van der Waals surface area (Å²) in [4.78, 5) is 22.7. The van der Waals surface area contributed by atoms with Crippen LogP contribution in [0.15, 0.2) is 12.1 Å². The van der Waals surface area contributed by atoms with E-state index >= 15 is 0 Å². The number of carboxylic acids is 1. The fraction of sp³-hybridized carbons (Fsp3) is 0.385. The number of nitrogens with one attached hydrogen (secondary N) is 2. The SMILES string of the molecule is O=C(Nc1cc(F)c(F)cc1C(=O)O)NC1CCCOC1. The third-order valence-corrected chi connectivity index (χ3v) is 3.03. The Morgan fingerprint density at radius 3 is 2.62 bits per heavy atom. The van der Waals surface area contributed by atoms with E-state index in [2.05, 4.69) is 10.6 Å². The first kappa shape index (κ1) is 15.2. The molecule has 1 unspecified atom stereocenters. The van der Waals surface area contributed by atoms with Crippen LogP contribution in [0.25, 0.3) is 0 Å². The van der Waals surface area contributed by atoms with Gasteiger partial charge in [-0.25, -0.2) is 18.4 Å². The van der Waals surface area contributed by atoms with Gasteiger partial charge in [-0.15, -0.1) is 0 Å². The van der Waals surface area contributed by atoms with E-state index in [1.54, 1.807) is 0 Å². The van der Waals surface area contributed by atoms with Crippen LogP contribution in [-0.2, 0) is 4.74 Å². The Morgan fingerprint density at radius 2 is 2.00 bits per heavy atom. The highest BCUT2D eigenvalue weighted by atomic mass is 19.2. The van der Waals surface area contributed by atoms with Crippen molar-refractivity contribution in [3.8, 4) is 0 Å². The van der Waals surface area contributed by atoms with E-state index in [0.717, 1.165) is 12.8 Å². The van der Waals surface area contributed by atoms with Gasteiger partial charge < -0.3 is 20.5 Å². The lowest BCUT2D eigenvalue weighted by Gasteiger charge is -2.23.